The number of unbranched alkanes of at least 4 members (excludes halogenated alkanes) is 1. The van der Waals surface area contributed by atoms with E-state index in [1.807, 2.05) is 19.1 Å². The summed E-state index contributed by atoms with van der Waals surface area (Å²) in [7, 11) is 0. The van der Waals surface area contributed by atoms with Gasteiger partial charge in [-0.05, 0) is 43.5 Å². The summed E-state index contributed by atoms with van der Waals surface area (Å²) in [6.45, 7) is 4.65. The van der Waals surface area contributed by atoms with E-state index in [0.717, 1.165) is 37.1 Å². The molecule has 5 nitrogen and oxygen atoms in total. The van der Waals surface area contributed by atoms with Crippen LogP contribution in [0.2, 0.25) is 0 Å². The molecule has 5 heteroatoms. The third-order valence-corrected chi connectivity index (χ3v) is 4.09. The van der Waals surface area contributed by atoms with Gasteiger partial charge >= 0.3 is 5.97 Å². The van der Waals surface area contributed by atoms with E-state index >= 15 is 0 Å². The number of rotatable bonds is 8. The molecule has 1 aromatic rings. The molecular weight excluding hydrogens is 280 g/mol. The molecule has 0 amide bonds. The summed E-state index contributed by atoms with van der Waals surface area (Å²) in [5.74, 6) is -0.955. The van der Waals surface area contributed by atoms with Gasteiger partial charge in [0.25, 0.3) is 0 Å². The van der Waals surface area contributed by atoms with Gasteiger partial charge in [0.1, 0.15) is 6.04 Å². The quantitative estimate of drug-likeness (QED) is 0.643. The molecule has 1 aliphatic rings. The molecule has 0 radical (unpaired) electrons. The Bertz CT molecular complexity index is 557. The third-order valence-electron chi connectivity index (χ3n) is 4.09. The van der Waals surface area contributed by atoms with Crippen LogP contribution in [-0.2, 0) is 11.2 Å². The van der Waals surface area contributed by atoms with Crippen LogP contribution in [-0.4, -0.2) is 35.5 Å². The minimum Gasteiger partial charge on any atom is -0.480 e. The zero-order chi connectivity index (χ0) is 16.1. The van der Waals surface area contributed by atoms with E-state index in [9.17, 15) is 14.7 Å². The molecule has 0 saturated carbocycles. The van der Waals surface area contributed by atoms with E-state index in [2.05, 4.69) is 10.6 Å². The first kappa shape index (κ1) is 16.5. The first-order valence-corrected chi connectivity index (χ1v) is 7.92. The Morgan fingerprint density at radius 2 is 2.18 bits per heavy atom. The number of ketones is 1. The number of nitrogens with one attached hydrogen (secondary N) is 2. The Hall–Kier alpha value is -1.88. The monoisotopic (exact) mass is 304 g/mol. The van der Waals surface area contributed by atoms with Gasteiger partial charge in [-0.15, -0.1) is 0 Å². The van der Waals surface area contributed by atoms with Crippen LogP contribution in [0.5, 0.6) is 0 Å². The molecule has 0 aromatic heterocycles. The third kappa shape index (κ3) is 3.85. The molecule has 0 fully saturated rings. The fraction of sp³-hybridized carbons (Fsp3) is 0.529. The number of hydrogen-bond acceptors (Lipinski definition) is 4. The highest BCUT2D eigenvalue weighted by atomic mass is 16.4. The van der Waals surface area contributed by atoms with Gasteiger partial charge in [-0.2, -0.15) is 0 Å². The molecule has 1 heterocycles. The number of carbonyl (C=O) groups is 2. The molecule has 0 bridgehead atoms. The lowest BCUT2D eigenvalue weighted by molar-refractivity contribution is -0.139. The lowest BCUT2D eigenvalue weighted by Crippen LogP contribution is -2.45. The zero-order valence-electron chi connectivity index (χ0n) is 13.2. The van der Waals surface area contributed by atoms with Crippen molar-refractivity contribution < 1.29 is 14.7 Å². The number of hydrogen-bond donors (Lipinski definition) is 3. The fourth-order valence-electron chi connectivity index (χ4n) is 2.77. The van der Waals surface area contributed by atoms with Crippen molar-refractivity contribution in [3.63, 3.8) is 0 Å². The summed E-state index contributed by atoms with van der Waals surface area (Å²) in [4.78, 5) is 23.8. The molecule has 2 atom stereocenters. The number of carboxylic acid groups (broad SMARTS) is 1. The van der Waals surface area contributed by atoms with Crippen molar-refractivity contribution in [2.24, 2.45) is 0 Å². The van der Waals surface area contributed by atoms with Crippen LogP contribution < -0.4 is 10.6 Å². The van der Waals surface area contributed by atoms with E-state index in [4.69, 9.17) is 0 Å². The largest absolute Gasteiger partial charge is 0.480 e. The Balaban J connectivity index is 2.03. The van der Waals surface area contributed by atoms with Crippen LogP contribution in [0.15, 0.2) is 18.2 Å². The zero-order valence-corrected chi connectivity index (χ0v) is 13.2. The van der Waals surface area contributed by atoms with Crippen molar-refractivity contribution in [3.8, 4) is 0 Å². The van der Waals surface area contributed by atoms with Gasteiger partial charge < -0.3 is 10.4 Å². The van der Waals surface area contributed by atoms with Crippen LogP contribution >= 0.6 is 0 Å². The maximum atomic E-state index is 12.5. The molecule has 0 saturated heterocycles. The van der Waals surface area contributed by atoms with Gasteiger partial charge in [0, 0.05) is 17.8 Å². The smallest absolute Gasteiger partial charge is 0.320 e. The standard InChI is InChI=1S/C17H24N2O3/c1-3-4-5-15(17(21)22)19-11(2)16(20)13-6-7-14-12(10-13)8-9-18-14/h6-7,10-11,15,18-19H,3-5,8-9H2,1-2H3,(H,21,22). The molecule has 120 valence electrons. The Morgan fingerprint density at radius 3 is 2.86 bits per heavy atom. The maximum absolute atomic E-state index is 12.5. The first-order valence-electron chi connectivity index (χ1n) is 7.92. The second-order valence-corrected chi connectivity index (χ2v) is 5.83. The molecule has 22 heavy (non-hydrogen) atoms. The van der Waals surface area contributed by atoms with E-state index in [-0.39, 0.29) is 5.78 Å². The number of aliphatic carboxylic acids is 1. The van der Waals surface area contributed by atoms with Crippen molar-refractivity contribution in [2.75, 3.05) is 11.9 Å². The highest BCUT2D eigenvalue weighted by Crippen LogP contribution is 2.23. The lowest BCUT2D eigenvalue weighted by atomic mass is 10.0. The van der Waals surface area contributed by atoms with Gasteiger partial charge in [0.05, 0.1) is 6.04 Å². The van der Waals surface area contributed by atoms with E-state index in [1.165, 1.54) is 0 Å². The van der Waals surface area contributed by atoms with Crippen LogP contribution in [0.25, 0.3) is 0 Å². The second kappa shape index (κ2) is 7.40. The number of carbonyl (C=O) groups excluding carboxylic acids is 1. The summed E-state index contributed by atoms with van der Waals surface area (Å²) in [5.41, 5.74) is 2.88. The van der Waals surface area contributed by atoms with Gasteiger partial charge in [0.2, 0.25) is 0 Å². The fourth-order valence-corrected chi connectivity index (χ4v) is 2.77. The van der Waals surface area contributed by atoms with Gasteiger partial charge in [-0.1, -0.05) is 19.8 Å². The highest BCUT2D eigenvalue weighted by molar-refractivity contribution is 6.00. The van der Waals surface area contributed by atoms with E-state index in [1.54, 1.807) is 13.0 Å². The maximum Gasteiger partial charge on any atom is 0.320 e. The van der Waals surface area contributed by atoms with Crippen molar-refractivity contribution in [2.45, 2.75) is 51.6 Å². The number of fused-ring (bicyclic) bond motifs is 1. The molecular formula is C17H24N2O3. The molecule has 1 aliphatic heterocycles. The minimum atomic E-state index is -0.897. The lowest BCUT2D eigenvalue weighted by Gasteiger charge is -2.19. The van der Waals surface area contributed by atoms with Gasteiger partial charge in [0.15, 0.2) is 5.78 Å². The topological polar surface area (TPSA) is 78.4 Å². The van der Waals surface area contributed by atoms with Crippen LogP contribution in [0, 0.1) is 0 Å². The number of carboxylic acids is 1. The second-order valence-electron chi connectivity index (χ2n) is 5.83. The predicted molar refractivity (Wildman–Crippen MR) is 86.5 cm³/mol. The van der Waals surface area contributed by atoms with Crippen molar-refractivity contribution >= 4 is 17.4 Å². The SMILES string of the molecule is CCCCC(NC(C)C(=O)c1ccc2c(c1)CCN2)C(=O)O. The number of anilines is 1. The number of Topliss-reactive ketones (excluding diaryl/α,β-unsaturated/α-hetero) is 1. The summed E-state index contributed by atoms with van der Waals surface area (Å²) >= 11 is 0. The van der Waals surface area contributed by atoms with Crippen molar-refractivity contribution in [1.82, 2.24) is 5.32 Å². The number of benzene rings is 1. The normalized spacial score (nSPS) is 15.7. The average molecular weight is 304 g/mol. The summed E-state index contributed by atoms with van der Waals surface area (Å²) in [5, 5.41) is 15.5. The molecule has 0 spiro atoms. The summed E-state index contributed by atoms with van der Waals surface area (Å²) < 4.78 is 0. The van der Waals surface area contributed by atoms with E-state index < -0.39 is 18.1 Å². The van der Waals surface area contributed by atoms with Crippen molar-refractivity contribution in [1.29, 1.82) is 0 Å². The molecule has 2 rings (SSSR count). The van der Waals surface area contributed by atoms with Crippen LogP contribution in [0.4, 0.5) is 5.69 Å². The average Bonchev–Trinajstić information content (AvgIpc) is 2.97. The molecule has 1 aromatic carbocycles. The van der Waals surface area contributed by atoms with Gasteiger partial charge in [-0.3, -0.25) is 14.9 Å². The Kier molecular flexibility index (Phi) is 5.55. The Labute approximate surface area is 131 Å². The Morgan fingerprint density at radius 1 is 1.41 bits per heavy atom. The molecule has 2 unspecified atom stereocenters. The van der Waals surface area contributed by atoms with Crippen LogP contribution in [0.3, 0.4) is 0 Å². The summed E-state index contributed by atoms with van der Waals surface area (Å²) in [6, 6.07) is 4.46. The molecule has 3 N–H and O–H groups in total. The highest BCUT2D eigenvalue weighted by Gasteiger charge is 2.24. The predicted octanol–water partition coefficient (Wildman–Crippen LogP) is 2.46. The van der Waals surface area contributed by atoms with E-state index in [0.29, 0.717) is 12.0 Å². The van der Waals surface area contributed by atoms with Crippen molar-refractivity contribution in [3.05, 3.63) is 29.3 Å². The van der Waals surface area contributed by atoms with Gasteiger partial charge in [-0.25, -0.2) is 0 Å². The van der Waals surface area contributed by atoms with Crippen LogP contribution in [0.1, 0.15) is 49.0 Å². The first-order chi connectivity index (χ1) is 10.5. The summed E-state index contributed by atoms with van der Waals surface area (Å²) in [6.07, 6.45) is 3.23. The molecule has 0 aliphatic carbocycles. The minimum absolute atomic E-state index is 0.0579.